The van der Waals surface area contributed by atoms with Crippen LogP contribution in [-0.4, -0.2) is 36.2 Å². The largest absolute Gasteiger partial charge is 0.444 e. The van der Waals surface area contributed by atoms with Crippen LogP contribution in [-0.2, 0) is 4.74 Å². The van der Waals surface area contributed by atoms with Crippen molar-refractivity contribution in [1.82, 2.24) is 4.90 Å². The first-order chi connectivity index (χ1) is 8.86. The van der Waals surface area contributed by atoms with Crippen LogP contribution in [0.2, 0.25) is 0 Å². The molecule has 6 heteroatoms. The number of likely N-dealkylation sites (tertiary alicyclic amines) is 1. The maximum atomic E-state index is 12.1. The van der Waals surface area contributed by atoms with Gasteiger partial charge in [-0.3, -0.25) is 0 Å². The zero-order valence-corrected chi connectivity index (χ0v) is 11.9. The Bertz CT molecular complexity index is 405. The zero-order valence-electron chi connectivity index (χ0n) is 11.9. The normalized spacial score (nSPS) is 24.8. The van der Waals surface area contributed by atoms with Gasteiger partial charge in [0.25, 0.3) is 0 Å². The van der Waals surface area contributed by atoms with Crippen LogP contribution in [0.3, 0.4) is 0 Å². The molecule has 0 aromatic heterocycles. The monoisotopic (exact) mass is 266 g/mol. The second kappa shape index (κ2) is 4.93. The summed E-state index contributed by atoms with van der Waals surface area (Å²) in [6.45, 7) is 7.49. The van der Waals surface area contributed by atoms with E-state index in [2.05, 4.69) is 10.0 Å². The predicted octanol–water partition coefficient (Wildman–Crippen LogP) is 3.33. The standard InChI is InChI=1S/C13H22N4O2/c1-12(2,3)19-11(18)17-8-10(7-15-16-14)13(9-17)5-4-6-13/h10H,4-9H2,1-3H3. The maximum Gasteiger partial charge on any atom is 0.410 e. The summed E-state index contributed by atoms with van der Waals surface area (Å²) < 4.78 is 5.42. The molecular weight excluding hydrogens is 244 g/mol. The number of nitrogens with zero attached hydrogens (tertiary/aromatic N) is 4. The van der Waals surface area contributed by atoms with Crippen LogP contribution in [0.15, 0.2) is 5.11 Å². The molecule has 2 rings (SSSR count). The minimum atomic E-state index is -0.466. The molecule has 0 radical (unpaired) electrons. The summed E-state index contributed by atoms with van der Waals surface area (Å²) in [4.78, 5) is 16.7. The minimum Gasteiger partial charge on any atom is -0.444 e. The van der Waals surface area contributed by atoms with Gasteiger partial charge in [0, 0.05) is 24.5 Å². The van der Waals surface area contributed by atoms with Crippen LogP contribution in [0.5, 0.6) is 0 Å². The Morgan fingerprint density at radius 1 is 1.53 bits per heavy atom. The van der Waals surface area contributed by atoms with E-state index in [1.54, 1.807) is 4.90 Å². The summed E-state index contributed by atoms with van der Waals surface area (Å²) >= 11 is 0. The molecule has 0 aromatic carbocycles. The Balaban J connectivity index is 2.02. The van der Waals surface area contributed by atoms with Crippen LogP contribution >= 0.6 is 0 Å². The van der Waals surface area contributed by atoms with Gasteiger partial charge in [-0.15, -0.1) is 0 Å². The Morgan fingerprint density at radius 3 is 2.68 bits per heavy atom. The highest BCUT2D eigenvalue weighted by atomic mass is 16.6. The van der Waals surface area contributed by atoms with Crippen LogP contribution in [0.1, 0.15) is 40.0 Å². The molecule has 19 heavy (non-hydrogen) atoms. The highest BCUT2D eigenvalue weighted by Crippen LogP contribution is 2.51. The number of carbonyl (C=O) groups excluding carboxylic acids is 1. The summed E-state index contributed by atoms with van der Waals surface area (Å²) in [5.74, 6) is 0.282. The van der Waals surface area contributed by atoms with E-state index in [1.807, 2.05) is 20.8 Å². The van der Waals surface area contributed by atoms with Crippen LogP contribution < -0.4 is 0 Å². The minimum absolute atomic E-state index is 0.172. The molecule has 1 amide bonds. The number of azide groups is 1. The fourth-order valence-electron chi connectivity index (χ4n) is 3.08. The number of ether oxygens (including phenoxy) is 1. The van der Waals surface area contributed by atoms with Gasteiger partial charge in [0.2, 0.25) is 0 Å². The van der Waals surface area contributed by atoms with Crippen molar-refractivity contribution in [2.24, 2.45) is 16.4 Å². The molecule has 1 atom stereocenters. The topological polar surface area (TPSA) is 78.3 Å². The first-order valence-electron chi connectivity index (χ1n) is 6.85. The molecule has 1 aliphatic heterocycles. The average Bonchev–Trinajstić information content (AvgIpc) is 2.63. The number of hydrogen-bond acceptors (Lipinski definition) is 3. The van der Waals surface area contributed by atoms with Gasteiger partial charge in [0.05, 0.1) is 0 Å². The summed E-state index contributed by atoms with van der Waals surface area (Å²) in [7, 11) is 0. The van der Waals surface area contributed by atoms with Crippen molar-refractivity contribution in [3.63, 3.8) is 0 Å². The Labute approximate surface area is 113 Å². The number of amides is 1. The molecule has 1 spiro atoms. The van der Waals surface area contributed by atoms with Gasteiger partial charge in [0.1, 0.15) is 5.60 Å². The molecule has 1 aliphatic carbocycles. The molecule has 1 unspecified atom stereocenters. The smallest absolute Gasteiger partial charge is 0.410 e. The first-order valence-corrected chi connectivity index (χ1v) is 6.85. The summed E-state index contributed by atoms with van der Waals surface area (Å²) in [6, 6.07) is 0. The van der Waals surface area contributed by atoms with E-state index >= 15 is 0 Å². The van der Waals surface area contributed by atoms with E-state index in [0.717, 1.165) is 19.4 Å². The van der Waals surface area contributed by atoms with E-state index in [1.165, 1.54) is 6.42 Å². The molecule has 1 saturated heterocycles. The van der Waals surface area contributed by atoms with Gasteiger partial charge in [0.15, 0.2) is 0 Å². The third-order valence-electron chi connectivity index (χ3n) is 4.18. The number of carbonyl (C=O) groups is 1. The van der Waals surface area contributed by atoms with Crippen molar-refractivity contribution >= 4 is 6.09 Å². The lowest BCUT2D eigenvalue weighted by molar-refractivity contribution is 0.0241. The number of rotatable bonds is 2. The van der Waals surface area contributed by atoms with E-state index in [-0.39, 0.29) is 17.4 Å². The summed E-state index contributed by atoms with van der Waals surface area (Å²) in [5, 5.41) is 3.70. The lowest BCUT2D eigenvalue weighted by Crippen LogP contribution is -2.40. The van der Waals surface area contributed by atoms with Crippen molar-refractivity contribution in [2.45, 2.75) is 45.6 Å². The Hall–Kier alpha value is -1.42. The SMILES string of the molecule is CC(C)(C)OC(=O)N1CC(CN=[N+]=[N-])C2(CCC2)C1. The molecule has 0 bridgehead atoms. The molecule has 1 saturated carbocycles. The van der Waals surface area contributed by atoms with Gasteiger partial charge in [-0.05, 0) is 50.5 Å². The highest BCUT2D eigenvalue weighted by Gasteiger charge is 2.51. The molecule has 0 aromatic rings. The molecule has 0 N–H and O–H groups in total. The van der Waals surface area contributed by atoms with E-state index < -0.39 is 5.60 Å². The van der Waals surface area contributed by atoms with Gasteiger partial charge in [-0.2, -0.15) is 0 Å². The van der Waals surface area contributed by atoms with Gasteiger partial charge in [-0.25, -0.2) is 4.79 Å². The lowest BCUT2D eigenvalue weighted by atomic mass is 9.63. The summed E-state index contributed by atoms with van der Waals surface area (Å²) in [6.07, 6.45) is 3.20. The van der Waals surface area contributed by atoms with E-state index in [0.29, 0.717) is 13.1 Å². The maximum absolute atomic E-state index is 12.1. The van der Waals surface area contributed by atoms with Crippen LogP contribution in [0.4, 0.5) is 4.79 Å². The Kier molecular flexibility index (Phi) is 3.63. The zero-order chi connectivity index (χ0) is 14.1. The molecule has 1 heterocycles. The molecule has 2 fully saturated rings. The van der Waals surface area contributed by atoms with Crippen LogP contribution in [0.25, 0.3) is 10.4 Å². The quantitative estimate of drug-likeness (QED) is 0.436. The summed E-state index contributed by atoms with van der Waals surface area (Å²) in [5.41, 5.74) is 8.17. The molecular formula is C13H22N4O2. The van der Waals surface area contributed by atoms with Gasteiger partial charge in [-0.1, -0.05) is 11.5 Å². The molecule has 6 nitrogen and oxygen atoms in total. The lowest BCUT2D eigenvalue weighted by Gasteiger charge is -2.42. The average molecular weight is 266 g/mol. The van der Waals surface area contributed by atoms with Crippen molar-refractivity contribution < 1.29 is 9.53 Å². The van der Waals surface area contributed by atoms with Crippen molar-refractivity contribution in [3.05, 3.63) is 10.4 Å². The number of hydrogen-bond donors (Lipinski definition) is 0. The Morgan fingerprint density at radius 2 is 2.21 bits per heavy atom. The fraction of sp³-hybridized carbons (Fsp3) is 0.923. The van der Waals surface area contributed by atoms with Gasteiger partial charge >= 0.3 is 6.09 Å². The first kappa shape index (κ1) is 14.0. The predicted molar refractivity (Wildman–Crippen MR) is 71.6 cm³/mol. The van der Waals surface area contributed by atoms with Crippen molar-refractivity contribution in [2.75, 3.05) is 19.6 Å². The third kappa shape index (κ3) is 2.95. The van der Waals surface area contributed by atoms with Crippen LogP contribution in [0, 0.1) is 11.3 Å². The second-order valence-electron chi connectivity index (χ2n) is 6.69. The van der Waals surface area contributed by atoms with E-state index in [9.17, 15) is 4.79 Å². The van der Waals surface area contributed by atoms with Gasteiger partial charge < -0.3 is 9.64 Å². The highest BCUT2D eigenvalue weighted by molar-refractivity contribution is 5.68. The third-order valence-corrected chi connectivity index (χ3v) is 4.18. The molecule has 106 valence electrons. The second-order valence-corrected chi connectivity index (χ2v) is 6.69. The van der Waals surface area contributed by atoms with Crippen molar-refractivity contribution in [3.8, 4) is 0 Å². The van der Waals surface area contributed by atoms with E-state index in [4.69, 9.17) is 10.3 Å². The van der Waals surface area contributed by atoms with Crippen molar-refractivity contribution in [1.29, 1.82) is 0 Å². The fourth-order valence-corrected chi connectivity index (χ4v) is 3.08. The molecule has 2 aliphatic rings.